The van der Waals surface area contributed by atoms with Crippen molar-refractivity contribution in [1.82, 2.24) is 4.98 Å². The molecule has 0 bridgehead atoms. The van der Waals surface area contributed by atoms with Gasteiger partial charge in [-0.15, -0.1) is 11.3 Å². The van der Waals surface area contributed by atoms with Crippen molar-refractivity contribution in [3.05, 3.63) is 77.2 Å². The second-order valence-electron chi connectivity index (χ2n) is 6.68. The topological polar surface area (TPSA) is 51.2 Å². The molecule has 0 spiro atoms. The molecular weight excluding hydrogens is 368 g/mol. The van der Waals surface area contributed by atoms with Crippen molar-refractivity contribution in [2.45, 2.75) is 13.8 Å². The maximum absolute atomic E-state index is 12.2. The molecule has 0 saturated carbocycles. The maximum Gasteiger partial charge on any atom is 0.264 e. The summed E-state index contributed by atoms with van der Waals surface area (Å²) in [6, 6.07) is 20.2. The highest BCUT2D eigenvalue weighted by atomic mass is 32.1. The zero-order valence-corrected chi connectivity index (χ0v) is 16.5. The lowest BCUT2D eigenvalue weighted by molar-refractivity contribution is -0.118. The zero-order valence-electron chi connectivity index (χ0n) is 15.7. The van der Waals surface area contributed by atoms with Crippen LogP contribution >= 0.6 is 11.3 Å². The molecule has 5 heteroatoms. The Labute approximate surface area is 167 Å². The van der Waals surface area contributed by atoms with Crippen LogP contribution in [0.4, 0.5) is 5.13 Å². The molecule has 4 nitrogen and oxygen atoms in total. The Balaban J connectivity index is 1.40. The summed E-state index contributed by atoms with van der Waals surface area (Å²) >= 11 is 1.41. The Morgan fingerprint density at radius 3 is 2.64 bits per heavy atom. The SMILES string of the molecule is Cc1ccc(OCC(=O)Nc2nc(-c3ccc4ccccc4c3)cs2)cc1C. The molecule has 0 fully saturated rings. The van der Waals surface area contributed by atoms with Gasteiger partial charge in [-0.2, -0.15) is 0 Å². The Morgan fingerprint density at radius 2 is 1.82 bits per heavy atom. The van der Waals surface area contributed by atoms with Gasteiger partial charge in [0.25, 0.3) is 5.91 Å². The van der Waals surface area contributed by atoms with Crippen LogP contribution in [-0.4, -0.2) is 17.5 Å². The summed E-state index contributed by atoms with van der Waals surface area (Å²) in [4.78, 5) is 16.7. The molecule has 4 rings (SSSR count). The van der Waals surface area contributed by atoms with Gasteiger partial charge in [-0.3, -0.25) is 10.1 Å². The molecule has 140 valence electrons. The number of thiazole rings is 1. The molecule has 1 heterocycles. The smallest absolute Gasteiger partial charge is 0.264 e. The molecule has 0 radical (unpaired) electrons. The maximum atomic E-state index is 12.2. The van der Waals surface area contributed by atoms with E-state index in [2.05, 4.69) is 34.6 Å². The monoisotopic (exact) mass is 388 g/mol. The number of hydrogen-bond acceptors (Lipinski definition) is 4. The second-order valence-corrected chi connectivity index (χ2v) is 7.54. The number of amides is 1. The number of carbonyl (C=O) groups excluding carboxylic acids is 1. The molecule has 0 saturated heterocycles. The van der Waals surface area contributed by atoms with Gasteiger partial charge in [0.1, 0.15) is 5.75 Å². The van der Waals surface area contributed by atoms with Crippen LogP contribution in [0.2, 0.25) is 0 Å². The Morgan fingerprint density at radius 1 is 1.00 bits per heavy atom. The van der Waals surface area contributed by atoms with Gasteiger partial charge >= 0.3 is 0 Å². The molecule has 0 atom stereocenters. The van der Waals surface area contributed by atoms with Crippen molar-refractivity contribution in [1.29, 1.82) is 0 Å². The summed E-state index contributed by atoms with van der Waals surface area (Å²) in [5.41, 5.74) is 4.21. The molecule has 4 aromatic rings. The number of rotatable bonds is 5. The number of aromatic nitrogens is 1. The second kappa shape index (κ2) is 7.82. The van der Waals surface area contributed by atoms with Crippen LogP contribution in [-0.2, 0) is 4.79 Å². The van der Waals surface area contributed by atoms with Crippen LogP contribution in [0.15, 0.2) is 66.0 Å². The van der Waals surface area contributed by atoms with Crippen molar-refractivity contribution in [2.75, 3.05) is 11.9 Å². The molecule has 1 N–H and O–H groups in total. The third kappa shape index (κ3) is 4.05. The van der Waals surface area contributed by atoms with Crippen LogP contribution in [0.1, 0.15) is 11.1 Å². The first-order valence-electron chi connectivity index (χ1n) is 9.03. The molecule has 0 aliphatic rings. The minimum Gasteiger partial charge on any atom is -0.484 e. The van der Waals surface area contributed by atoms with E-state index in [4.69, 9.17) is 4.74 Å². The van der Waals surface area contributed by atoms with E-state index < -0.39 is 0 Å². The standard InChI is InChI=1S/C23H20N2O2S/c1-15-7-10-20(11-16(15)2)27-13-22(26)25-23-24-21(14-28-23)19-9-8-17-5-3-4-6-18(17)12-19/h3-12,14H,13H2,1-2H3,(H,24,25,26). The van der Waals surface area contributed by atoms with Crippen LogP contribution in [0, 0.1) is 13.8 Å². The number of ether oxygens (including phenoxy) is 1. The summed E-state index contributed by atoms with van der Waals surface area (Å²) in [5.74, 6) is 0.465. The number of anilines is 1. The first-order valence-corrected chi connectivity index (χ1v) is 9.91. The third-order valence-corrected chi connectivity index (χ3v) is 5.40. The van der Waals surface area contributed by atoms with Crippen LogP contribution in [0.3, 0.4) is 0 Å². The normalized spacial score (nSPS) is 10.8. The lowest BCUT2D eigenvalue weighted by atomic mass is 10.1. The minimum absolute atomic E-state index is 0.0482. The van der Waals surface area contributed by atoms with Crippen molar-refractivity contribution < 1.29 is 9.53 Å². The average molecular weight is 388 g/mol. The quantitative estimate of drug-likeness (QED) is 0.484. The third-order valence-electron chi connectivity index (χ3n) is 4.64. The van der Waals surface area contributed by atoms with Crippen molar-refractivity contribution >= 4 is 33.1 Å². The molecule has 3 aromatic carbocycles. The minimum atomic E-state index is -0.224. The van der Waals surface area contributed by atoms with E-state index in [9.17, 15) is 4.79 Å². The summed E-state index contributed by atoms with van der Waals surface area (Å²) in [6.07, 6.45) is 0. The van der Waals surface area contributed by atoms with Crippen molar-refractivity contribution in [2.24, 2.45) is 0 Å². The van der Waals surface area contributed by atoms with Crippen LogP contribution in [0.5, 0.6) is 5.75 Å². The van der Waals surface area contributed by atoms with Crippen LogP contribution < -0.4 is 10.1 Å². The number of carbonyl (C=O) groups is 1. The number of aryl methyl sites for hydroxylation is 2. The van der Waals surface area contributed by atoms with Gasteiger partial charge in [-0.05, 0) is 53.9 Å². The van der Waals surface area contributed by atoms with E-state index in [1.165, 1.54) is 27.7 Å². The number of benzene rings is 3. The highest BCUT2D eigenvalue weighted by molar-refractivity contribution is 7.14. The first kappa shape index (κ1) is 18.2. The fraction of sp³-hybridized carbons (Fsp3) is 0.130. The fourth-order valence-corrected chi connectivity index (χ4v) is 3.66. The van der Waals surface area contributed by atoms with Gasteiger partial charge in [0.05, 0.1) is 5.69 Å². The largest absolute Gasteiger partial charge is 0.484 e. The summed E-state index contributed by atoms with van der Waals surface area (Å²) in [5, 5.41) is 7.68. The van der Waals surface area contributed by atoms with Gasteiger partial charge in [0.15, 0.2) is 11.7 Å². The van der Waals surface area contributed by atoms with Gasteiger partial charge in [0.2, 0.25) is 0 Å². The van der Waals surface area contributed by atoms with E-state index in [0.717, 1.165) is 16.8 Å². The van der Waals surface area contributed by atoms with Gasteiger partial charge in [-0.1, -0.05) is 42.5 Å². The molecular formula is C23H20N2O2S. The predicted molar refractivity (Wildman–Crippen MR) is 115 cm³/mol. The average Bonchev–Trinajstić information content (AvgIpc) is 3.17. The van der Waals surface area contributed by atoms with Crippen LogP contribution in [0.25, 0.3) is 22.0 Å². The number of nitrogens with zero attached hydrogens (tertiary/aromatic N) is 1. The summed E-state index contributed by atoms with van der Waals surface area (Å²) in [6.45, 7) is 4.01. The highest BCUT2D eigenvalue weighted by Crippen LogP contribution is 2.27. The van der Waals surface area contributed by atoms with E-state index in [0.29, 0.717) is 10.9 Å². The molecule has 0 aliphatic carbocycles. The Hall–Kier alpha value is -3.18. The number of nitrogens with one attached hydrogen (secondary N) is 1. The highest BCUT2D eigenvalue weighted by Gasteiger charge is 2.09. The summed E-state index contributed by atoms with van der Waals surface area (Å²) < 4.78 is 5.58. The van der Waals surface area contributed by atoms with Crippen molar-refractivity contribution in [3.8, 4) is 17.0 Å². The summed E-state index contributed by atoms with van der Waals surface area (Å²) in [7, 11) is 0. The first-order chi connectivity index (χ1) is 13.6. The van der Waals surface area contributed by atoms with E-state index in [1.807, 2.05) is 55.6 Å². The fourth-order valence-electron chi connectivity index (χ4n) is 2.92. The lowest BCUT2D eigenvalue weighted by Gasteiger charge is -2.08. The molecule has 1 amide bonds. The molecule has 0 aliphatic heterocycles. The number of hydrogen-bond donors (Lipinski definition) is 1. The van der Waals surface area contributed by atoms with E-state index >= 15 is 0 Å². The Bertz CT molecular complexity index is 1150. The van der Waals surface area contributed by atoms with Gasteiger partial charge < -0.3 is 4.74 Å². The molecule has 1 aromatic heterocycles. The Kier molecular flexibility index (Phi) is 5.08. The van der Waals surface area contributed by atoms with Gasteiger partial charge in [-0.25, -0.2) is 4.98 Å². The molecule has 0 unspecified atom stereocenters. The zero-order chi connectivity index (χ0) is 19.5. The van der Waals surface area contributed by atoms with E-state index in [-0.39, 0.29) is 12.5 Å². The number of fused-ring (bicyclic) bond motifs is 1. The molecule has 28 heavy (non-hydrogen) atoms. The van der Waals surface area contributed by atoms with E-state index in [1.54, 1.807) is 0 Å². The lowest BCUT2D eigenvalue weighted by Crippen LogP contribution is -2.20. The predicted octanol–water partition coefficient (Wildman–Crippen LogP) is 5.60. The van der Waals surface area contributed by atoms with Gasteiger partial charge in [0, 0.05) is 10.9 Å². The van der Waals surface area contributed by atoms with Crippen molar-refractivity contribution in [3.63, 3.8) is 0 Å².